The molecule has 280 valence electrons. The maximum absolute atomic E-state index is 13.5. The van der Waals surface area contributed by atoms with Gasteiger partial charge in [-0.15, -0.1) is 0 Å². The van der Waals surface area contributed by atoms with Crippen LogP contribution in [0.1, 0.15) is 89.2 Å². The lowest BCUT2D eigenvalue weighted by Gasteiger charge is -2.32. The number of hydrogen-bond acceptors (Lipinski definition) is 7. The summed E-state index contributed by atoms with van der Waals surface area (Å²) in [4.78, 5) is 46.4. The molecule has 3 unspecified atom stereocenters. The van der Waals surface area contributed by atoms with Crippen molar-refractivity contribution in [3.63, 3.8) is 0 Å². The summed E-state index contributed by atoms with van der Waals surface area (Å²) in [6.07, 6.45) is 9.83. The van der Waals surface area contributed by atoms with Gasteiger partial charge in [-0.05, 0) is 106 Å². The number of aliphatic carboxylic acids is 1. The van der Waals surface area contributed by atoms with Crippen LogP contribution in [0.3, 0.4) is 0 Å². The number of carbonyl (C=O) groups excluding carboxylic acids is 2. The lowest BCUT2D eigenvalue weighted by molar-refractivity contribution is -0.145. The van der Waals surface area contributed by atoms with Crippen LogP contribution in [0.5, 0.6) is 11.5 Å². The Labute approximate surface area is 304 Å². The molecule has 1 fully saturated rings. The van der Waals surface area contributed by atoms with Crippen LogP contribution in [0.25, 0.3) is 0 Å². The van der Waals surface area contributed by atoms with E-state index >= 15 is 0 Å². The molecule has 10 heteroatoms. The highest BCUT2D eigenvalue weighted by Gasteiger charge is 2.60. The van der Waals surface area contributed by atoms with Gasteiger partial charge in [0.05, 0.1) is 12.5 Å². The first-order valence-corrected chi connectivity index (χ1v) is 18.8. The molecule has 2 aliphatic carbocycles. The van der Waals surface area contributed by atoms with Crippen LogP contribution in [0, 0.1) is 23.2 Å². The predicted molar refractivity (Wildman–Crippen MR) is 198 cm³/mol. The minimum atomic E-state index is -0.856. The molecule has 51 heavy (non-hydrogen) atoms. The standard InChI is InChI=1S/C41H59N3O7/c1-8-9-17-43(18-11-16-42(5)6)36(45)19-27(2)14-15-32(29-20-30(25-49-7)38-35(21-29)50-26-51-38)37(40(47)48)41(4)22-31(41)23-44-24-34-28(3)12-10-13-33(34)39(44)46/h10,13,20-21,28,31-32,37H,2,8-9,11-12,14-19,22-26H2,1,3-7H3,(H,47,48)/t28?,31?,32-,37+,41?/m1/s1. The Kier molecular flexibility index (Phi) is 12.7. The van der Waals surface area contributed by atoms with Gasteiger partial charge in [-0.2, -0.15) is 0 Å². The highest BCUT2D eigenvalue weighted by atomic mass is 16.7. The monoisotopic (exact) mass is 705 g/mol. The van der Waals surface area contributed by atoms with E-state index in [9.17, 15) is 19.5 Å². The Balaban J connectivity index is 1.36. The molecule has 0 radical (unpaired) electrons. The molecule has 4 aliphatic rings. The summed E-state index contributed by atoms with van der Waals surface area (Å²) in [5, 5.41) is 11.0. The van der Waals surface area contributed by atoms with E-state index in [1.165, 1.54) is 5.57 Å². The van der Waals surface area contributed by atoms with E-state index in [0.29, 0.717) is 62.9 Å². The number of fused-ring (bicyclic) bond motifs is 1. The smallest absolute Gasteiger partial charge is 0.307 e. The van der Waals surface area contributed by atoms with E-state index in [1.807, 2.05) is 42.1 Å². The van der Waals surface area contributed by atoms with Crippen molar-refractivity contribution in [1.82, 2.24) is 14.7 Å². The Morgan fingerprint density at radius 3 is 2.63 bits per heavy atom. The highest BCUT2D eigenvalue weighted by Crippen LogP contribution is 2.62. The molecule has 10 nitrogen and oxygen atoms in total. The lowest BCUT2D eigenvalue weighted by atomic mass is 9.72. The van der Waals surface area contributed by atoms with Crippen molar-refractivity contribution in [3.05, 3.63) is 58.7 Å². The zero-order valence-electron chi connectivity index (χ0n) is 31.7. The minimum Gasteiger partial charge on any atom is -0.481 e. The Bertz CT molecular complexity index is 1530. The average molecular weight is 706 g/mol. The normalized spacial score (nSPS) is 23.1. The van der Waals surface area contributed by atoms with Crippen LogP contribution in [-0.2, 0) is 25.7 Å². The number of unbranched alkanes of at least 4 members (excludes halogenated alkanes) is 1. The molecule has 1 N–H and O–H groups in total. The van der Waals surface area contributed by atoms with Crippen molar-refractivity contribution in [1.29, 1.82) is 0 Å². The van der Waals surface area contributed by atoms with Crippen LogP contribution in [0.4, 0.5) is 0 Å². The maximum atomic E-state index is 13.5. The maximum Gasteiger partial charge on any atom is 0.307 e. The van der Waals surface area contributed by atoms with E-state index in [2.05, 4.69) is 38.3 Å². The fraction of sp³-hybridized carbons (Fsp3) is 0.634. The number of methoxy groups -OCH3 is 1. The number of carboxylic acid groups (broad SMARTS) is 1. The average Bonchev–Trinajstić information content (AvgIpc) is 3.35. The van der Waals surface area contributed by atoms with Crippen molar-refractivity contribution >= 4 is 17.8 Å². The van der Waals surface area contributed by atoms with Crippen LogP contribution in [-0.4, -0.2) is 98.3 Å². The van der Waals surface area contributed by atoms with Gasteiger partial charge in [-0.3, -0.25) is 14.4 Å². The molecule has 0 saturated heterocycles. The summed E-state index contributed by atoms with van der Waals surface area (Å²) in [5.41, 5.74) is 3.95. The topological polar surface area (TPSA) is 109 Å². The number of ether oxygens (including phenoxy) is 3. The third-order valence-electron chi connectivity index (χ3n) is 11.5. The fourth-order valence-electron chi connectivity index (χ4n) is 8.43. The highest BCUT2D eigenvalue weighted by molar-refractivity contribution is 6.00. The molecule has 1 saturated carbocycles. The molecule has 0 aromatic heterocycles. The second kappa shape index (κ2) is 16.8. The summed E-state index contributed by atoms with van der Waals surface area (Å²) in [6.45, 7) is 14.6. The first kappa shape index (κ1) is 38.6. The SMILES string of the molecule is C=C(CC[C@H](c1cc(COC)c2c(c1)OCO2)[C@@H](C(=O)O)C1(C)CC1CN1CC2=C(C=CCC2C)C1=O)CC(=O)N(CCCC)CCCN(C)C. The van der Waals surface area contributed by atoms with Gasteiger partial charge < -0.3 is 34.0 Å². The number of nitrogens with zero attached hydrogens (tertiary/aromatic N) is 3. The number of carbonyl (C=O) groups is 3. The summed E-state index contributed by atoms with van der Waals surface area (Å²) < 4.78 is 17.1. The fourth-order valence-corrected chi connectivity index (χ4v) is 8.43. The second-order valence-electron chi connectivity index (χ2n) is 15.7. The Morgan fingerprint density at radius 1 is 1.18 bits per heavy atom. The molecule has 2 aliphatic heterocycles. The second-order valence-corrected chi connectivity index (χ2v) is 15.7. The number of allylic oxidation sites excluding steroid dienone is 1. The van der Waals surface area contributed by atoms with Crippen LogP contribution in [0.2, 0.25) is 0 Å². The zero-order chi connectivity index (χ0) is 36.9. The quantitative estimate of drug-likeness (QED) is 0.155. The third kappa shape index (κ3) is 8.88. The zero-order valence-corrected chi connectivity index (χ0v) is 31.7. The van der Waals surface area contributed by atoms with Gasteiger partial charge in [0, 0.05) is 50.8 Å². The molecule has 5 rings (SSSR count). The molecule has 2 heterocycles. The van der Waals surface area contributed by atoms with Gasteiger partial charge >= 0.3 is 5.97 Å². The first-order valence-electron chi connectivity index (χ1n) is 18.8. The first-order chi connectivity index (χ1) is 24.4. The van der Waals surface area contributed by atoms with E-state index in [1.54, 1.807) is 7.11 Å². The summed E-state index contributed by atoms with van der Waals surface area (Å²) in [5.74, 6) is -0.234. The minimum absolute atomic E-state index is 0.0530. The van der Waals surface area contributed by atoms with Gasteiger partial charge in [0.2, 0.25) is 12.7 Å². The van der Waals surface area contributed by atoms with Gasteiger partial charge in [0.1, 0.15) is 0 Å². The third-order valence-corrected chi connectivity index (χ3v) is 11.5. The molecular formula is C41H59N3O7. The molecule has 0 spiro atoms. The van der Waals surface area contributed by atoms with Gasteiger partial charge in [-0.1, -0.05) is 51.5 Å². The van der Waals surface area contributed by atoms with E-state index in [-0.39, 0.29) is 30.9 Å². The number of hydrogen-bond donors (Lipinski definition) is 1. The number of amides is 2. The van der Waals surface area contributed by atoms with Crippen molar-refractivity contribution in [3.8, 4) is 11.5 Å². The van der Waals surface area contributed by atoms with E-state index < -0.39 is 23.2 Å². The molecule has 1 aromatic rings. The van der Waals surface area contributed by atoms with Crippen LogP contribution < -0.4 is 9.47 Å². The number of benzene rings is 1. The van der Waals surface area contributed by atoms with Crippen molar-refractivity contribution in [2.45, 2.75) is 84.7 Å². The molecule has 1 aromatic carbocycles. The predicted octanol–water partition coefficient (Wildman–Crippen LogP) is 6.41. The summed E-state index contributed by atoms with van der Waals surface area (Å²) in [7, 11) is 5.70. The van der Waals surface area contributed by atoms with Crippen molar-refractivity contribution < 1.29 is 33.7 Å². The molecule has 5 atom stereocenters. The largest absolute Gasteiger partial charge is 0.481 e. The van der Waals surface area contributed by atoms with Gasteiger partial charge in [0.25, 0.3) is 5.91 Å². The molecule has 0 bridgehead atoms. The van der Waals surface area contributed by atoms with Gasteiger partial charge in [0.15, 0.2) is 11.5 Å². The Morgan fingerprint density at radius 2 is 1.94 bits per heavy atom. The molecular weight excluding hydrogens is 646 g/mol. The van der Waals surface area contributed by atoms with Crippen LogP contribution in [0.15, 0.2) is 47.6 Å². The van der Waals surface area contributed by atoms with Crippen molar-refractivity contribution in [2.75, 3.05) is 60.7 Å². The lowest BCUT2D eigenvalue weighted by Crippen LogP contribution is -2.35. The summed E-state index contributed by atoms with van der Waals surface area (Å²) in [6, 6.07) is 3.92. The number of carboxylic acids is 1. The van der Waals surface area contributed by atoms with Crippen molar-refractivity contribution in [2.24, 2.45) is 23.2 Å². The number of rotatable bonds is 20. The van der Waals surface area contributed by atoms with Crippen LogP contribution >= 0.6 is 0 Å². The molecule has 2 amide bonds. The van der Waals surface area contributed by atoms with Gasteiger partial charge in [-0.25, -0.2) is 0 Å². The van der Waals surface area contributed by atoms with E-state index in [4.69, 9.17) is 14.2 Å². The summed E-state index contributed by atoms with van der Waals surface area (Å²) >= 11 is 0. The van der Waals surface area contributed by atoms with E-state index in [0.717, 1.165) is 61.0 Å². The Hall–Kier alpha value is -3.63.